The van der Waals surface area contributed by atoms with Gasteiger partial charge in [0.05, 0.1) is 25.0 Å². The average Bonchev–Trinajstić information content (AvgIpc) is 2.26. The van der Waals surface area contributed by atoms with Crippen molar-refractivity contribution in [1.82, 2.24) is 0 Å². The Morgan fingerprint density at radius 3 is 2.71 bits per heavy atom. The zero-order valence-electron chi connectivity index (χ0n) is 8.15. The van der Waals surface area contributed by atoms with Gasteiger partial charge in [-0.15, -0.1) is 0 Å². The number of ether oxygens (including phenoxy) is 2. The molecule has 1 rings (SSSR count). The summed E-state index contributed by atoms with van der Waals surface area (Å²) in [6, 6.07) is 7.06. The quantitative estimate of drug-likeness (QED) is 0.686. The van der Waals surface area contributed by atoms with Crippen molar-refractivity contribution in [3.05, 3.63) is 36.1 Å². The van der Waals surface area contributed by atoms with Crippen molar-refractivity contribution < 1.29 is 9.47 Å². The Labute approximate surface area is 83.2 Å². The lowest BCUT2D eigenvalue weighted by Gasteiger charge is -2.06. The molecule has 1 aromatic rings. The fraction of sp³-hybridized carbons (Fsp3) is 0.182. The van der Waals surface area contributed by atoms with Gasteiger partial charge in [-0.05, 0) is 19.1 Å². The summed E-state index contributed by atoms with van der Waals surface area (Å²) in [5.41, 5.74) is 0.551. The molecule has 14 heavy (non-hydrogen) atoms. The standard InChI is InChI=1S/C11H11NO2/c1-3-6-14-10-5-4-9(8-12)7-11(10)13-2/h3-7H,1-2H3. The Kier molecular flexibility index (Phi) is 3.57. The van der Waals surface area contributed by atoms with E-state index in [1.807, 2.05) is 13.0 Å². The van der Waals surface area contributed by atoms with Crippen LogP contribution in [0.4, 0.5) is 0 Å². The fourth-order valence-electron chi connectivity index (χ4n) is 0.976. The van der Waals surface area contributed by atoms with Crippen molar-refractivity contribution in [3.8, 4) is 17.6 Å². The van der Waals surface area contributed by atoms with Crippen molar-refractivity contribution >= 4 is 0 Å². The first kappa shape index (κ1) is 10.1. The van der Waals surface area contributed by atoms with Crippen LogP contribution in [0.2, 0.25) is 0 Å². The minimum atomic E-state index is 0.551. The number of hydrogen-bond donors (Lipinski definition) is 0. The third-order valence-electron chi connectivity index (χ3n) is 1.62. The molecule has 1 aromatic carbocycles. The molecule has 0 spiro atoms. The maximum absolute atomic E-state index is 8.66. The number of allylic oxidation sites excluding steroid dienone is 1. The van der Waals surface area contributed by atoms with Crippen molar-refractivity contribution in [2.75, 3.05) is 7.11 Å². The van der Waals surface area contributed by atoms with E-state index in [-0.39, 0.29) is 0 Å². The molecule has 0 aliphatic rings. The van der Waals surface area contributed by atoms with Crippen LogP contribution < -0.4 is 9.47 Å². The average molecular weight is 189 g/mol. The second kappa shape index (κ2) is 4.93. The van der Waals surface area contributed by atoms with Crippen LogP contribution in [-0.4, -0.2) is 7.11 Å². The van der Waals surface area contributed by atoms with Gasteiger partial charge in [0, 0.05) is 6.07 Å². The summed E-state index contributed by atoms with van der Waals surface area (Å²) in [7, 11) is 1.54. The molecule has 3 nitrogen and oxygen atoms in total. The highest BCUT2D eigenvalue weighted by Crippen LogP contribution is 2.27. The van der Waals surface area contributed by atoms with Gasteiger partial charge in [0.25, 0.3) is 0 Å². The fourth-order valence-corrected chi connectivity index (χ4v) is 0.976. The first-order valence-corrected chi connectivity index (χ1v) is 4.17. The summed E-state index contributed by atoms with van der Waals surface area (Å²) in [6.45, 7) is 1.86. The first-order chi connectivity index (χ1) is 6.81. The predicted octanol–water partition coefficient (Wildman–Crippen LogP) is 2.48. The van der Waals surface area contributed by atoms with E-state index in [1.54, 1.807) is 37.6 Å². The highest BCUT2D eigenvalue weighted by Gasteiger charge is 2.03. The van der Waals surface area contributed by atoms with Gasteiger partial charge >= 0.3 is 0 Å². The third kappa shape index (κ3) is 2.27. The number of rotatable bonds is 3. The molecular weight excluding hydrogens is 178 g/mol. The van der Waals surface area contributed by atoms with Crippen LogP contribution in [0.5, 0.6) is 11.5 Å². The van der Waals surface area contributed by atoms with E-state index >= 15 is 0 Å². The molecule has 0 fully saturated rings. The Bertz CT molecular complexity index is 377. The monoisotopic (exact) mass is 189 g/mol. The second-order valence-electron chi connectivity index (χ2n) is 2.56. The van der Waals surface area contributed by atoms with E-state index < -0.39 is 0 Å². The topological polar surface area (TPSA) is 42.2 Å². The van der Waals surface area contributed by atoms with Gasteiger partial charge < -0.3 is 9.47 Å². The molecule has 0 radical (unpaired) electrons. The molecule has 0 aliphatic heterocycles. The van der Waals surface area contributed by atoms with Crippen LogP contribution in [0.3, 0.4) is 0 Å². The Morgan fingerprint density at radius 2 is 2.14 bits per heavy atom. The largest absolute Gasteiger partial charge is 0.493 e. The van der Waals surface area contributed by atoms with Gasteiger partial charge in [-0.2, -0.15) is 5.26 Å². The van der Waals surface area contributed by atoms with Gasteiger partial charge in [0.2, 0.25) is 0 Å². The van der Waals surface area contributed by atoms with E-state index in [4.69, 9.17) is 14.7 Å². The van der Waals surface area contributed by atoms with Crippen molar-refractivity contribution in [3.63, 3.8) is 0 Å². The maximum atomic E-state index is 8.66. The number of methoxy groups -OCH3 is 1. The lowest BCUT2D eigenvalue weighted by atomic mass is 10.2. The summed E-state index contributed by atoms with van der Waals surface area (Å²) in [4.78, 5) is 0. The predicted molar refractivity (Wildman–Crippen MR) is 53.2 cm³/mol. The smallest absolute Gasteiger partial charge is 0.168 e. The maximum Gasteiger partial charge on any atom is 0.168 e. The van der Waals surface area contributed by atoms with E-state index in [0.29, 0.717) is 17.1 Å². The van der Waals surface area contributed by atoms with Crippen LogP contribution >= 0.6 is 0 Å². The number of hydrogen-bond acceptors (Lipinski definition) is 3. The van der Waals surface area contributed by atoms with Gasteiger partial charge in [0.1, 0.15) is 0 Å². The normalized spacial score (nSPS) is 9.79. The van der Waals surface area contributed by atoms with E-state index in [2.05, 4.69) is 0 Å². The second-order valence-corrected chi connectivity index (χ2v) is 2.56. The minimum Gasteiger partial charge on any atom is -0.493 e. The molecule has 0 aromatic heterocycles. The molecule has 0 amide bonds. The van der Waals surface area contributed by atoms with E-state index in [0.717, 1.165) is 0 Å². The van der Waals surface area contributed by atoms with Gasteiger partial charge in [0.15, 0.2) is 11.5 Å². The number of benzene rings is 1. The molecule has 0 heterocycles. The van der Waals surface area contributed by atoms with Gasteiger partial charge in [-0.3, -0.25) is 0 Å². The highest BCUT2D eigenvalue weighted by molar-refractivity contribution is 5.46. The molecule has 0 saturated heterocycles. The van der Waals surface area contributed by atoms with Crippen LogP contribution in [0.15, 0.2) is 30.5 Å². The van der Waals surface area contributed by atoms with Crippen LogP contribution in [-0.2, 0) is 0 Å². The molecule has 3 heteroatoms. The molecule has 0 atom stereocenters. The molecule has 0 unspecified atom stereocenters. The van der Waals surface area contributed by atoms with Crippen molar-refractivity contribution in [2.24, 2.45) is 0 Å². The molecular formula is C11H11NO2. The Hall–Kier alpha value is -1.95. The van der Waals surface area contributed by atoms with E-state index in [9.17, 15) is 0 Å². The Morgan fingerprint density at radius 1 is 1.36 bits per heavy atom. The zero-order valence-corrected chi connectivity index (χ0v) is 8.15. The first-order valence-electron chi connectivity index (χ1n) is 4.17. The molecule has 0 saturated carbocycles. The minimum absolute atomic E-state index is 0.551. The lowest BCUT2D eigenvalue weighted by Crippen LogP contribution is -1.90. The van der Waals surface area contributed by atoms with E-state index in [1.165, 1.54) is 0 Å². The van der Waals surface area contributed by atoms with Gasteiger partial charge in [-0.1, -0.05) is 6.08 Å². The summed E-state index contributed by atoms with van der Waals surface area (Å²) < 4.78 is 10.3. The zero-order chi connectivity index (χ0) is 10.4. The Balaban J connectivity index is 3.00. The summed E-state index contributed by atoms with van der Waals surface area (Å²) in [5, 5.41) is 8.66. The van der Waals surface area contributed by atoms with Gasteiger partial charge in [-0.25, -0.2) is 0 Å². The SMILES string of the molecule is CC=COc1ccc(C#N)cc1OC. The molecule has 0 N–H and O–H groups in total. The lowest BCUT2D eigenvalue weighted by molar-refractivity contribution is 0.378. The van der Waals surface area contributed by atoms with Crippen LogP contribution in [0.1, 0.15) is 12.5 Å². The summed E-state index contributed by atoms with van der Waals surface area (Å²) in [5.74, 6) is 1.16. The summed E-state index contributed by atoms with van der Waals surface area (Å²) in [6.07, 6.45) is 3.33. The third-order valence-corrected chi connectivity index (χ3v) is 1.62. The highest BCUT2D eigenvalue weighted by atomic mass is 16.5. The van der Waals surface area contributed by atoms with Crippen LogP contribution in [0.25, 0.3) is 0 Å². The number of nitriles is 1. The van der Waals surface area contributed by atoms with Crippen molar-refractivity contribution in [2.45, 2.75) is 6.92 Å². The summed E-state index contributed by atoms with van der Waals surface area (Å²) >= 11 is 0. The molecule has 0 bridgehead atoms. The molecule has 0 aliphatic carbocycles. The van der Waals surface area contributed by atoms with Crippen molar-refractivity contribution in [1.29, 1.82) is 5.26 Å². The van der Waals surface area contributed by atoms with Crippen LogP contribution in [0, 0.1) is 11.3 Å². The number of nitrogens with zero attached hydrogens (tertiary/aromatic N) is 1. The molecule has 72 valence electrons.